The molecule has 0 saturated heterocycles. The molecule has 2 N–H and O–H groups in total. The standard InChI is InChI=1S/C17H22N2O5/c1-23-16(21)12-6-5-9-14(10-12)24-11-15(20)19-17(22)18-13-7-3-2-4-8-13/h5-6,9-10,13H,2-4,7-8,11H2,1H3,(H2,18,19,20,22). The number of hydrogen-bond acceptors (Lipinski definition) is 5. The molecule has 1 aliphatic carbocycles. The summed E-state index contributed by atoms with van der Waals surface area (Å²) in [6, 6.07) is 5.91. The molecule has 0 spiro atoms. The molecule has 1 aromatic carbocycles. The summed E-state index contributed by atoms with van der Waals surface area (Å²) in [7, 11) is 1.29. The molecule has 0 aromatic heterocycles. The van der Waals surface area contributed by atoms with Crippen LogP contribution in [-0.2, 0) is 9.53 Å². The third-order valence-corrected chi connectivity index (χ3v) is 3.82. The zero-order valence-electron chi connectivity index (χ0n) is 13.7. The fourth-order valence-corrected chi connectivity index (χ4v) is 2.61. The fourth-order valence-electron chi connectivity index (χ4n) is 2.61. The summed E-state index contributed by atoms with van der Waals surface area (Å²) in [4.78, 5) is 34.9. The molecule has 0 unspecified atom stereocenters. The van der Waals surface area contributed by atoms with Crippen LogP contribution in [0.2, 0.25) is 0 Å². The number of rotatable bonds is 5. The summed E-state index contributed by atoms with van der Waals surface area (Å²) < 4.78 is 9.91. The minimum absolute atomic E-state index is 0.129. The van der Waals surface area contributed by atoms with Crippen molar-refractivity contribution in [2.24, 2.45) is 0 Å². The van der Waals surface area contributed by atoms with Crippen LogP contribution in [0.5, 0.6) is 5.75 Å². The number of nitrogens with one attached hydrogen (secondary N) is 2. The molecule has 2 rings (SSSR count). The Morgan fingerprint density at radius 3 is 2.62 bits per heavy atom. The van der Waals surface area contributed by atoms with Gasteiger partial charge < -0.3 is 14.8 Å². The highest BCUT2D eigenvalue weighted by molar-refractivity contribution is 5.95. The Balaban J connectivity index is 1.76. The van der Waals surface area contributed by atoms with Crippen molar-refractivity contribution in [1.29, 1.82) is 0 Å². The van der Waals surface area contributed by atoms with E-state index >= 15 is 0 Å². The van der Waals surface area contributed by atoms with Crippen molar-refractivity contribution < 1.29 is 23.9 Å². The zero-order chi connectivity index (χ0) is 17.4. The van der Waals surface area contributed by atoms with Gasteiger partial charge in [-0.15, -0.1) is 0 Å². The first kappa shape index (κ1) is 17.8. The highest BCUT2D eigenvalue weighted by Gasteiger charge is 2.17. The lowest BCUT2D eigenvalue weighted by atomic mass is 9.96. The lowest BCUT2D eigenvalue weighted by molar-refractivity contribution is -0.122. The van der Waals surface area contributed by atoms with E-state index in [9.17, 15) is 14.4 Å². The van der Waals surface area contributed by atoms with Gasteiger partial charge in [0.2, 0.25) is 0 Å². The highest BCUT2D eigenvalue weighted by atomic mass is 16.5. The molecule has 130 valence electrons. The van der Waals surface area contributed by atoms with Gasteiger partial charge in [0.25, 0.3) is 5.91 Å². The molecule has 7 heteroatoms. The quantitative estimate of drug-likeness (QED) is 0.804. The van der Waals surface area contributed by atoms with Crippen LogP contribution in [0.3, 0.4) is 0 Å². The van der Waals surface area contributed by atoms with Gasteiger partial charge in [-0.1, -0.05) is 25.3 Å². The average molecular weight is 334 g/mol. The second kappa shape index (κ2) is 8.90. The summed E-state index contributed by atoms with van der Waals surface area (Å²) in [5.74, 6) is -0.690. The van der Waals surface area contributed by atoms with Crippen LogP contribution in [0.4, 0.5) is 4.79 Å². The van der Waals surface area contributed by atoms with Crippen molar-refractivity contribution in [2.45, 2.75) is 38.1 Å². The lowest BCUT2D eigenvalue weighted by Crippen LogP contribution is -2.46. The Morgan fingerprint density at radius 2 is 1.92 bits per heavy atom. The Labute approximate surface area is 140 Å². The van der Waals surface area contributed by atoms with Gasteiger partial charge in [0, 0.05) is 6.04 Å². The van der Waals surface area contributed by atoms with Crippen molar-refractivity contribution >= 4 is 17.9 Å². The van der Waals surface area contributed by atoms with Crippen molar-refractivity contribution in [3.05, 3.63) is 29.8 Å². The van der Waals surface area contributed by atoms with Gasteiger partial charge in [-0.05, 0) is 31.0 Å². The molecule has 0 radical (unpaired) electrons. The summed E-state index contributed by atoms with van der Waals surface area (Å²) in [5.41, 5.74) is 0.324. The van der Waals surface area contributed by atoms with E-state index in [0.717, 1.165) is 25.7 Å². The van der Waals surface area contributed by atoms with Crippen LogP contribution in [0.25, 0.3) is 0 Å². The van der Waals surface area contributed by atoms with Gasteiger partial charge in [-0.3, -0.25) is 10.1 Å². The first-order valence-electron chi connectivity index (χ1n) is 8.00. The van der Waals surface area contributed by atoms with Gasteiger partial charge >= 0.3 is 12.0 Å². The second-order valence-corrected chi connectivity index (χ2v) is 5.66. The molecular weight excluding hydrogens is 312 g/mol. The average Bonchev–Trinajstić information content (AvgIpc) is 2.60. The third-order valence-electron chi connectivity index (χ3n) is 3.82. The molecule has 7 nitrogen and oxygen atoms in total. The summed E-state index contributed by atoms with van der Waals surface area (Å²) >= 11 is 0. The Morgan fingerprint density at radius 1 is 1.17 bits per heavy atom. The number of carbonyl (C=O) groups is 3. The number of methoxy groups -OCH3 is 1. The van der Waals surface area contributed by atoms with Crippen LogP contribution in [-0.4, -0.2) is 37.7 Å². The highest BCUT2D eigenvalue weighted by Crippen LogP contribution is 2.17. The van der Waals surface area contributed by atoms with Crippen molar-refractivity contribution in [3.63, 3.8) is 0 Å². The maximum atomic E-state index is 11.8. The molecule has 0 heterocycles. The summed E-state index contributed by atoms with van der Waals surface area (Å²) in [6.45, 7) is -0.317. The number of ether oxygens (including phenoxy) is 2. The molecular formula is C17H22N2O5. The molecule has 1 fully saturated rings. The molecule has 24 heavy (non-hydrogen) atoms. The van der Waals surface area contributed by atoms with Gasteiger partial charge in [0.1, 0.15) is 5.75 Å². The Hall–Kier alpha value is -2.57. The number of hydrogen-bond donors (Lipinski definition) is 2. The SMILES string of the molecule is COC(=O)c1cccc(OCC(=O)NC(=O)NC2CCCCC2)c1. The van der Waals surface area contributed by atoms with Crippen LogP contribution in [0.15, 0.2) is 24.3 Å². The van der Waals surface area contributed by atoms with E-state index in [2.05, 4.69) is 15.4 Å². The van der Waals surface area contributed by atoms with Gasteiger partial charge in [-0.2, -0.15) is 0 Å². The topological polar surface area (TPSA) is 93.7 Å². The summed E-state index contributed by atoms with van der Waals surface area (Å²) in [5, 5.41) is 5.03. The molecule has 0 bridgehead atoms. The van der Waals surface area contributed by atoms with E-state index < -0.39 is 17.9 Å². The van der Waals surface area contributed by atoms with Crippen LogP contribution in [0, 0.1) is 0 Å². The number of esters is 1. The van der Waals surface area contributed by atoms with E-state index in [1.807, 2.05) is 0 Å². The third kappa shape index (κ3) is 5.57. The summed E-state index contributed by atoms with van der Waals surface area (Å²) in [6.07, 6.45) is 5.27. The van der Waals surface area contributed by atoms with Crippen LogP contribution >= 0.6 is 0 Å². The number of benzene rings is 1. The molecule has 0 atom stereocenters. The largest absolute Gasteiger partial charge is 0.484 e. The molecule has 1 saturated carbocycles. The fraction of sp³-hybridized carbons (Fsp3) is 0.471. The minimum atomic E-state index is -0.549. The van der Waals surface area contributed by atoms with E-state index in [1.165, 1.54) is 19.6 Å². The molecule has 1 aliphatic rings. The molecule has 1 aromatic rings. The Bertz CT molecular complexity index is 596. The normalized spacial score (nSPS) is 14.5. The predicted octanol–water partition coefficient (Wildman–Crippen LogP) is 2.01. The van der Waals surface area contributed by atoms with E-state index in [0.29, 0.717) is 11.3 Å². The maximum absolute atomic E-state index is 11.8. The molecule has 0 aliphatic heterocycles. The number of imide groups is 1. The predicted molar refractivity (Wildman–Crippen MR) is 86.8 cm³/mol. The monoisotopic (exact) mass is 334 g/mol. The van der Waals surface area contributed by atoms with Crippen molar-refractivity contribution in [2.75, 3.05) is 13.7 Å². The zero-order valence-corrected chi connectivity index (χ0v) is 13.7. The lowest BCUT2D eigenvalue weighted by Gasteiger charge is -2.22. The van der Waals surface area contributed by atoms with Crippen LogP contribution < -0.4 is 15.4 Å². The molecule has 3 amide bonds. The minimum Gasteiger partial charge on any atom is -0.484 e. The van der Waals surface area contributed by atoms with Gasteiger partial charge in [-0.25, -0.2) is 9.59 Å². The van der Waals surface area contributed by atoms with Crippen molar-refractivity contribution in [3.8, 4) is 5.75 Å². The number of urea groups is 1. The Kier molecular flexibility index (Phi) is 6.60. The van der Waals surface area contributed by atoms with E-state index in [1.54, 1.807) is 18.2 Å². The van der Waals surface area contributed by atoms with E-state index in [4.69, 9.17) is 4.74 Å². The van der Waals surface area contributed by atoms with E-state index in [-0.39, 0.29) is 12.6 Å². The maximum Gasteiger partial charge on any atom is 0.337 e. The van der Waals surface area contributed by atoms with Crippen molar-refractivity contribution in [1.82, 2.24) is 10.6 Å². The second-order valence-electron chi connectivity index (χ2n) is 5.66. The number of carbonyl (C=O) groups excluding carboxylic acids is 3. The first-order valence-corrected chi connectivity index (χ1v) is 8.00. The number of amides is 3. The smallest absolute Gasteiger partial charge is 0.337 e. The van der Waals surface area contributed by atoms with Crippen LogP contribution in [0.1, 0.15) is 42.5 Å². The van der Waals surface area contributed by atoms with Gasteiger partial charge in [0.15, 0.2) is 6.61 Å². The van der Waals surface area contributed by atoms with Gasteiger partial charge in [0.05, 0.1) is 12.7 Å². The first-order chi connectivity index (χ1) is 11.6.